The van der Waals surface area contributed by atoms with Crippen LogP contribution in [-0.4, -0.2) is 60.4 Å². The number of carbonyl (C=O) groups excluding carboxylic acids is 1. The van der Waals surface area contributed by atoms with E-state index in [1.165, 1.54) is 16.7 Å². The van der Waals surface area contributed by atoms with E-state index in [0.29, 0.717) is 36.8 Å². The number of aliphatic hydroxyl groups excluding tert-OH is 1. The third-order valence-electron chi connectivity index (χ3n) is 6.61. The van der Waals surface area contributed by atoms with Crippen molar-refractivity contribution in [1.82, 2.24) is 4.90 Å². The lowest BCUT2D eigenvalue weighted by Crippen LogP contribution is -2.40. The van der Waals surface area contributed by atoms with Crippen molar-refractivity contribution >= 4 is 12.0 Å². The third kappa shape index (κ3) is 6.44. The minimum absolute atomic E-state index is 0. The number of hydrogen-bond acceptors (Lipinski definition) is 5. The highest BCUT2D eigenvalue weighted by atomic mass is 16.5. The summed E-state index contributed by atoms with van der Waals surface area (Å²) in [5.41, 5.74) is 5.64. The van der Waals surface area contributed by atoms with Gasteiger partial charge in [0, 0.05) is 24.1 Å². The molecule has 2 fully saturated rings. The largest absolute Gasteiger partial charge is 0.490 e. The smallest absolute Gasteiger partial charge is 0.334 e. The first kappa shape index (κ1) is 25.0. The van der Waals surface area contributed by atoms with Crippen LogP contribution in [0.5, 0.6) is 5.75 Å². The predicted molar refractivity (Wildman–Crippen MR) is 129 cm³/mol. The van der Waals surface area contributed by atoms with Crippen LogP contribution in [0, 0.1) is 13.8 Å². The lowest BCUT2D eigenvalue weighted by molar-refractivity contribution is -0.134. The van der Waals surface area contributed by atoms with Gasteiger partial charge in [-0.1, -0.05) is 36.4 Å². The van der Waals surface area contributed by atoms with Gasteiger partial charge in [-0.15, -0.1) is 0 Å². The molecule has 0 radical (unpaired) electrons. The minimum atomic E-state index is -0.565. The van der Waals surface area contributed by atoms with E-state index in [2.05, 4.69) is 36.9 Å². The van der Waals surface area contributed by atoms with Crippen LogP contribution in [0.25, 0.3) is 6.08 Å². The highest BCUT2D eigenvalue weighted by molar-refractivity contribution is 5.95. The van der Waals surface area contributed by atoms with E-state index in [0.717, 1.165) is 31.5 Å². The predicted octanol–water partition coefficient (Wildman–Crippen LogP) is 3.43. The summed E-state index contributed by atoms with van der Waals surface area (Å²) < 4.78 is 10.9. The number of piperidine rings is 1. The number of nitrogens with zero attached hydrogens (tertiary/aromatic N) is 1. The van der Waals surface area contributed by atoms with Gasteiger partial charge >= 0.3 is 5.97 Å². The van der Waals surface area contributed by atoms with E-state index in [9.17, 15) is 9.90 Å². The van der Waals surface area contributed by atoms with Crippen LogP contribution in [0.15, 0.2) is 48.0 Å². The first-order valence-electron chi connectivity index (χ1n) is 11.6. The summed E-state index contributed by atoms with van der Waals surface area (Å²) in [5.74, 6) is 1.01. The number of para-hydroxylation sites is 1. The molecule has 0 aliphatic carbocycles. The van der Waals surface area contributed by atoms with Crippen LogP contribution in [-0.2, 0) is 9.53 Å². The Hall–Kier alpha value is -2.67. The van der Waals surface area contributed by atoms with E-state index in [1.54, 1.807) is 0 Å². The molecule has 0 unspecified atom stereocenters. The molecule has 1 atom stereocenters. The van der Waals surface area contributed by atoms with Crippen LogP contribution in [0.3, 0.4) is 0 Å². The first-order valence-corrected chi connectivity index (χ1v) is 11.6. The van der Waals surface area contributed by atoms with Gasteiger partial charge < -0.3 is 25.0 Å². The van der Waals surface area contributed by atoms with Crippen molar-refractivity contribution in [3.05, 3.63) is 70.3 Å². The fourth-order valence-corrected chi connectivity index (χ4v) is 4.50. The highest BCUT2D eigenvalue weighted by Crippen LogP contribution is 2.29. The van der Waals surface area contributed by atoms with Crippen LogP contribution in [0.1, 0.15) is 47.4 Å². The topological polar surface area (TPSA) is 90.5 Å². The number of esters is 1. The van der Waals surface area contributed by atoms with E-state index < -0.39 is 6.10 Å². The Labute approximate surface area is 196 Å². The Balaban J connectivity index is 0.00000306. The maximum Gasteiger partial charge on any atom is 0.334 e. The molecule has 2 aromatic carbocycles. The summed E-state index contributed by atoms with van der Waals surface area (Å²) in [6, 6.07) is 14.4. The van der Waals surface area contributed by atoms with Gasteiger partial charge in [0.05, 0.1) is 6.61 Å². The number of likely N-dealkylation sites (tertiary alicyclic amines) is 1. The Morgan fingerprint density at radius 1 is 1.15 bits per heavy atom. The van der Waals surface area contributed by atoms with Gasteiger partial charge in [-0.3, -0.25) is 0 Å². The summed E-state index contributed by atoms with van der Waals surface area (Å²) in [6.07, 6.45) is 4.11. The number of β-amino-alcohol motifs (C(OH)–C–C–N with tert-alkyl or cyclic N) is 1. The molecule has 2 aliphatic rings. The standard InChI is InChI=1S/C27H33NO4.H2O/c1-19-7-8-22(15-20(19)2)21-9-12-28(13-10-21)17-25(29)18-32-26-6-4-3-5-23(26)16-24-11-14-31-27(24)30;/h3-8,15-16,21,25,29H,9-14,17-18H2,1-2H3;1H2/t25-;/m0./s1. The van der Waals surface area contributed by atoms with Gasteiger partial charge in [-0.2, -0.15) is 0 Å². The molecule has 2 aromatic rings. The zero-order valence-corrected chi connectivity index (χ0v) is 19.5. The maximum atomic E-state index is 11.7. The summed E-state index contributed by atoms with van der Waals surface area (Å²) in [4.78, 5) is 14.1. The number of rotatable bonds is 7. The monoisotopic (exact) mass is 453 g/mol. The molecule has 0 bridgehead atoms. The molecular formula is C27H35NO5. The molecule has 2 aliphatic heterocycles. The number of ether oxygens (including phenoxy) is 2. The number of aryl methyl sites for hydroxylation is 2. The van der Waals surface area contributed by atoms with Crippen molar-refractivity contribution in [3.63, 3.8) is 0 Å². The van der Waals surface area contributed by atoms with Gasteiger partial charge in [-0.05, 0) is 74.5 Å². The van der Waals surface area contributed by atoms with Crippen molar-refractivity contribution < 1.29 is 24.9 Å². The SMILES string of the molecule is Cc1ccc(C2CCN(C[C@H](O)COc3ccccc3C=C3CCOC3=O)CC2)cc1C.O. The zero-order chi connectivity index (χ0) is 22.5. The highest BCUT2D eigenvalue weighted by Gasteiger charge is 2.23. The van der Waals surface area contributed by atoms with Crippen molar-refractivity contribution in [2.75, 3.05) is 32.8 Å². The number of benzene rings is 2. The summed E-state index contributed by atoms with van der Waals surface area (Å²) in [6.45, 7) is 7.57. The summed E-state index contributed by atoms with van der Waals surface area (Å²) in [5, 5.41) is 10.6. The van der Waals surface area contributed by atoms with Crippen LogP contribution in [0.4, 0.5) is 0 Å². The Morgan fingerprint density at radius 3 is 2.61 bits per heavy atom. The van der Waals surface area contributed by atoms with Crippen LogP contribution in [0.2, 0.25) is 0 Å². The Kier molecular flexibility index (Phi) is 8.67. The quantitative estimate of drug-likeness (QED) is 0.512. The van der Waals surface area contributed by atoms with Gasteiger partial charge in [0.1, 0.15) is 18.5 Å². The van der Waals surface area contributed by atoms with Gasteiger partial charge in [0.25, 0.3) is 0 Å². The normalized spacial score (nSPS) is 19.2. The average Bonchev–Trinajstić information content (AvgIpc) is 3.20. The molecule has 3 N–H and O–H groups in total. The number of aliphatic hydroxyl groups is 1. The molecule has 0 spiro atoms. The lowest BCUT2D eigenvalue weighted by atomic mass is 9.88. The molecule has 6 heteroatoms. The number of hydrogen-bond donors (Lipinski definition) is 1. The van der Waals surface area contributed by atoms with Gasteiger partial charge in [0.15, 0.2) is 0 Å². The second-order valence-electron chi connectivity index (χ2n) is 8.98. The second kappa shape index (κ2) is 11.5. The first-order chi connectivity index (χ1) is 15.5. The fourth-order valence-electron chi connectivity index (χ4n) is 4.50. The average molecular weight is 454 g/mol. The molecule has 0 amide bonds. The molecule has 0 aromatic heterocycles. The third-order valence-corrected chi connectivity index (χ3v) is 6.61. The molecule has 33 heavy (non-hydrogen) atoms. The lowest BCUT2D eigenvalue weighted by Gasteiger charge is -2.33. The van der Waals surface area contributed by atoms with E-state index in [1.807, 2.05) is 30.3 Å². The van der Waals surface area contributed by atoms with Gasteiger partial charge in [-0.25, -0.2) is 4.79 Å². The molecule has 0 saturated carbocycles. The minimum Gasteiger partial charge on any atom is -0.490 e. The van der Waals surface area contributed by atoms with Crippen molar-refractivity contribution in [2.45, 2.75) is 45.1 Å². The number of cyclic esters (lactones) is 1. The molecule has 178 valence electrons. The molecule has 6 nitrogen and oxygen atoms in total. The second-order valence-corrected chi connectivity index (χ2v) is 8.98. The van der Waals surface area contributed by atoms with Crippen LogP contribution >= 0.6 is 0 Å². The molecule has 4 rings (SSSR count). The summed E-state index contributed by atoms with van der Waals surface area (Å²) in [7, 11) is 0. The van der Waals surface area contributed by atoms with E-state index >= 15 is 0 Å². The maximum absolute atomic E-state index is 11.7. The Morgan fingerprint density at radius 2 is 1.91 bits per heavy atom. The zero-order valence-electron chi connectivity index (χ0n) is 19.5. The van der Waals surface area contributed by atoms with Crippen molar-refractivity contribution in [2.24, 2.45) is 0 Å². The fraction of sp³-hybridized carbons (Fsp3) is 0.444. The van der Waals surface area contributed by atoms with Gasteiger partial charge in [0.2, 0.25) is 0 Å². The number of carbonyl (C=O) groups is 1. The molecule has 2 saturated heterocycles. The summed E-state index contributed by atoms with van der Waals surface area (Å²) >= 11 is 0. The van der Waals surface area contributed by atoms with Crippen LogP contribution < -0.4 is 4.74 Å². The molecular weight excluding hydrogens is 418 g/mol. The van der Waals surface area contributed by atoms with E-state index in [-0.39, 0.29) is 18.1 Å². The van der Waals surface area contributed by atoms with E-state index in [4.69, 9.17) is 9.47 Å². The van der Waals surface area contributed by atoms with Crippen molar-refractivity contribution in [3.8, 4) is 5.75 Å². The van der Waals surface area contributed by atoms with Crippen molar-refractivity contribution in [1.29, 1.82) is 0 Å². The molecule has 2 heterocycles. The Bertz CT molecular complexity index is 978.